The molecule has 0 aliphatic rings. The Bertz CT molecular complexity index is 1040. The second-order valence-corrected chi connectivity index (χ2v) is 6.89. The Kier molecular flexibility index (Phi) is 6.07. The van der Waals surface area contributed by atoms with Crippen LogP contribution in [0.15, 0.2) is 53.7 Å². The van der Waals surface area contributed by atoms with Gasteiger partial charge in [-0.3, -0.25) is 4.79 Å². The number of anilines is 1. The molecule has 2 aromatic carbocycles. The second-order valence-electron chi connectivity index (χ2n) is 6.89. The molecule has 150 valence electrons. The van der Waals surface area contributed by atoms with E-state index in [-0.39, 0.29) is 11.7 Å². The highest BCUT2D eigenvalue weighted by atomic mass is 19.1. The van der Waals surface area contributed by atoms with Crippen LogP contribution in [0.1, 0.15) is 35.5 Å². The van der Waals surface area contributed by atoms with Gasteiger partial charge in [0.1, 0.15) is 11.7 Å². The molecule has 1 aromatic heterocycles. The van der Waals surface area contributed by atoms with Gasteiger partial charge in [-0.25, -0.2) is 4.68 Å². The zero-order valence-electron chi connectivity index (χ0n) is 16.8. The average molecular weight is 394 g/mol. The molecule has 0 spiro atoms. The maximum absolute atomic E-state index is 14.2. The van der Waals surface area contributed by atoms with Gasteiger partial charge in [0.2, 0.25) is 5.95 Å². The van der Waals surface area contributed by atoms with Gasteiger partial charge in [0.25, 0.3) is 5.91 Å². The van der Waals surface area contributed by atoms with Crippen LogP contribution >= 0.6 is 0 Å². The summed E-state index contributed by atoms with van der Waals surface area (Å²) in [6.07, 6.45) is 1.67. The van der Waals surface area contributed by atoms with E-state index < -0.39 is 11.9 Å². The summed E-state index contributed by atoms with van der Waals surface area (Å²) in [5.74, 6) is -1.19. The van der Waals surface area contributed by atoms with Gasteiger partial charge in [-0.05, 0) is 38.0 Å². The maximum atomic E-state index is 14.2. The zero-order valence-corrected chi connectivity index (χ0v) is 16.8. The monoisotopic (exact) mass is 394 g/mol. The number of aromatic nitrogens is 2. The minimum absolute atomic E-state index is 0.0225. The van der Waals surface area contributed by atoms with E-state index in [1.54, 1.807) is 19.2 Å². The van der Waals surface area contributed by atoms with Gasteiger partial charge < -0.3 is 10.2 Å². The molecule has 29 heavy (non-hydrogen) atoms. The van der Waals surface area contributed by atoms with E-state index in [4.69, 9.17) is 4.84 Å². The van der Waals surface area contributed by atoms with Gasteiger partial charge >= 0.3 is 0 Å². The highest BCUT2D eigenvalue weighted by Gasteiger charge is 2.21. The van der Waals surface area contributed by atoms with Crippen molar-refractivity contribution in [2.75, 3.05) is 5.32 Å². The maximum Gasteiger partial charge on any atom is 0.262 e. The van der Waals surface area contributed by atoms with Gasteiger partial charge in [-0.2, -0.15) is 9.49 Å². The molecule has 6 nitrogen and oxygen atoms in total. The minimum Gasteiger partial charge on any atom is -0.393 e. The van der Waals surface area contributed by atoms with Crippen molar-refractivity contribution in [1.29, 1.82) is 0 Å². The molecular weight excluding hydrogens is 371 g/mol. The molecule has 3 rings (SSSR count). The van der Waals surface area contributed by atoms with Crippen LogP contribution in [0.4, 0.5) is 10.1 Å². The van der Waals surface area contributed by atoms with Crippen molar-refractivity contribution in [2.24, 2.45) is 12.2 Å². The minimum atomic E-state index is -0.662. The van der Waals surface area contributed by atoms with Crippen molar-refractivity contribution in [3.8, 4) is 11.1 Å². The second kappa shape index (κ2) is 8.68. The number of aryl methyl sites for hydroxylation is 2. The van der Waals surface area contributed by atoms with E-state index in [9.17, 15) is 9.18 Å². The number of carbonyl (C=O) groups excluding carboxylic acids is 1. The van der Waals surface area contributed by atoms with E-state index in [1.165, 1.54) is 7.05 Å². The topological polar surface area (TPSA) is 68.5 Å². The first kappa shape index (κ1) is 20.3. The van der Waals surface area contributed by atoms with E-state index in [2.05, 4.69) is 15.6 Å². The van der Waals surface area contributed by atoms with E-state index in [1.807, 2.05) is 56.3 Å². The van der Waals surface area contributed by atoms with Crippen molar-refractivity contribution >= 4 is 17.8 Å². The third kappa shape index (κ3) is 4.68. The third-order valence-electron chi connectivity index (χ3n) is 4.25. The number of halogens is 1. The molecular formula is C22H23FN4O2. The molecule has 0 fully saturated rings. The lowest BCUT2D eigenvalue weighted by Gasteiger charge is -2.11. The largest absolute Gasteiger partial charge is 0.393 e. The quantitative estimate of drug-likeness (QED) is 0.493. The van der Waals surface area contributed by atoms with Crippen LogP contribution in [-0.4, -0.2) is 28.0 Å². The normalized spacial score (nSPS) is 11.2. The van der Waals surface area contributed by atoms with E-state index >= 15 is 0 Å². The Balaban J connectivity index is 1.84. The number of rotatable bonds is 6. The van der Waals surface area contributed by atoms with Crippen LogP contribution in [0, 0.1) is 12.9 Å². The molecule has 0 saturated heterocycles. The molecule has 0 atom stereocenters. The molecule has 7 heteroatoms. The summed E-state index contributed by atoms with van der Waals surface area (Å²) < 4.78 is 15.3. The first-order valence-electron chi connectivity index (χ1n) is 9.26. The zero-order chi connectivity index (χ0) is 21.0. The summed E-state index contributed by atoms with van der Waals surface area (Å²) in [6.45, 7) is 5.42. The molecule has 0 unspecified atom stereocenters. The lowest BCUT2D eigenvalue weighted by molar-refractivity contribution is 0.0873. The molecule has 0 aliphatic heterocycles. The number of amides is 1. The molecule has 1 amide bonds. The summed E-state index contributed by atoms with van der Waals surface area (Å²) in [6, 6.07) is 15.0. The van der Waals surface area contributed by atoms with Crippen LogP contribution in [0.2, 0.25) is 0 Å². The number of hydrogen-bond acceptors (Lipinski definition) is 4. The molecule has 0 saturated carbocycles. The molecule has 0 radical (unpaired) electrons. The summed E-state index contributed by atoms with van der Waals surface area (Å²) in [5.41, 5.74) is 3.50. The van der Waals surface area contributed by atoms with Gasteiger partial charge in [-0.15, -0.1) is 0 Å². The molecule has 1 N–H and O–H groups in total. The summed E-state index contributed by atoms with van der Waals surface area (Å²) >= 11 is 0. The fourth-order valence-corrected chi connectivity index (χ4v) is 2.88. The number of carbonyl (C=O) groups is 1. The highest BCUT2D eigenvalue weighted by Crippen LogP contribution is 2.28. The van der Waals surface area contributed by atoms with E-state index in [0.717, 1.165) is 21.4 Å². The number of nitrogens with one attached hydrogen (secondary N) is 1. The Morgan fingerprint density at radius 3 is 2.52 bits per heavy atom. The number of oxime groups is 1. The smallest absolute Gasteiger partial charge is 0.262 e. The fraction of sp³-hybridized carbons (Fsp3) is 0.227. The van der Waals surface area contributed by atoms with Crippen molar-refractivity contribution in [2.45, 2.75) is 26.9 Å². The van der Waals surface area contributed by atoms with Crippen LogP contribution in [0.5, 0.6) is 0 Å². The van der Waals surface area contributed by atoms with Crippen molar-refractivity contribution in [3.05, 3.63) is 71.3 Å². The lowest BCUT2D eigenvalue weighted by Crippen LogP contribution is -2.15. The SMILES string of the molecule is Cc1nn(C)c(F)c1C(=O)Nc1ccccc1-c1ccc(C=NOC(C)C)cc1. The third-order valence-corrected chi connectivity index (χ3v) is 4.25. The molecule has 3 aromatic rings. The van der Waals surface area contributed by atoms with E-state index in [0.29, 0.717) is 11.4 Å². The standard InChI is InChI=1S/C22H23FN4O2/c1-14(2)29-24-13-16-9-11-17(12-10-16)18-7-5-6-8-19(18)25-22(28)20-15(3)26-27(4)21(20)23/h5-14H,1-4H3,(H,25,28). The Hall–Kier alpha value is -3.48. The molecule has 0 aliphatic carbocycles. The fourth-order valence-electron chi connectivity index (χ4n) is 2.88. The number of hydrogen-bond donors (Lipinski definition) is 1. The number of nitrogens with zero attached hydrogens (tertiary/aromatic N) is 3. The summed E-state index contributed by atoms with van der Waals surface area (Å²) in [4.78, 5) is 17.8. The van der Waals surface area contributed by atoms with Crippen LogP contribution in [-0.2, 0) is 11.9 Å². The Labute approximate surface area is 169 Å². The predicted octanol–water partition coefficient (Wildman–Crippen LogP) is 4.55. The van der Waals surface area contributed by atoms with Gasteiger partial charge in [0.05, 0.1) is 11.9 Å². The Morgan fingerprint density at radius 1 is 1.21 bits per heavy atom. The molecule has 1 heterocycles. The summed E-state index contributed by atoms with van der Waals surface area (Å²) in [7, 11) is 1.46. The average Bonchev–Trinajstić information content (AvgIpc) is 2.94. The first-order valence-corrected chi connectivity index (χ1v) is 9.26. The van der Waals surface area contributed by atoms with Crippen molar-refractivity contribution in [3.63, 3.8) is 0 Å². The van der Waals surface area contributed by atoms with Crippen molar-refractivity contribution in [1.82, 2.24) is 9.78 Å². The summed E-state index contributed by atoms with van der Waals surface area (Å²) in [5, 5.41) is 10.7. The highest BCUT2D eigenvalue weighted by molar-refractivity contribution is 6.07. The molecule has 0 bridgehead atoms. The van der Waals surface area contributed by atoms with Crippen molar-refractivity contribution < 1.29 is 14.0 Å². The predicted molar refractivity (Wildman–Crippen MR) is 112 cm³/mol. The van der Waals surface area contributed by atoms with Crippen LogP contribution in [0.3, 0.4) is 0 Å². The van der Waals surface area contributed by atoms with Crippen LogP contribution < -0.4 is 5.32 Å². The number of para-hydroxylation sites is 1. The van der Waals surface area contributed by atoms with Crippen LogP contribution in [0.25, 0.3) is 11.1 Å². The lowest BCUT2D eigenvalue weighted by atomic mass is 10.0. The van der Waals surface area contributed by atoms with Gasteiger partial charge in [-0.1, -0.05) is 47.6 Å². The Morgan fingerprint density at radius 2 is 1.90 bits per heavy atom. The van der Waals surface area contributed by atoms with Gasteiger partial charge in [0, 0.05) is 18.3 Å². The first-order chi connectivity index (χ1) is 13.9. The number of benzene rings is 2. The van der Waals surface area contributed by atoms with Gasteiger partial charge in [0.15, 0.2) is 0 Å².